The molecule has 0 aliphatic rings. The first-order valence-electron chi connectivity index (χ1n) is 3.98. The summed E-state index contributed by atoms with van der Waals surface area (Å²) in [5.74, 6) is -1.24. The Morgan fingerprint density at radius 1 is 1.71 bits per heavy atom. The second-order valence-corrected chi connectivity index (χ2v) is 3.22. The zero-order valence-electron chi connectivity index (χ0n) is 7.82. The predicted octanol–water partition coefficient (Wildman–Crippen LogP) is 1.93. The van der Waals surface area contributed by atoms with Crippen LogP contribution in [0.1, 0.15) is 18.4 Å². The average Bonchev–Trinajstić information content (AvgIpc) is 2.17. The fourth-order valence-electron chi connectivity index (χ4n) is 1.01. The summed E-state index contributed by atoms with van der Waals surface area (Å²) in [4.78, 5) is 14.6. The number of carboxylic acids is 1. The van der Waals surface area contributed by atoms with Gasteiger partial charge >= 0.3 is 5.97 Å². The van der Waals surface area contributed by atoms with E-state index >= 15 is 0 Å². The molecule has 0 bridgehead atoms. The number of rotatable bonds is 3. The van der Waals surface area contributed by atoms with E-state index in [1.165, 1.54) is 19.4 Å². The summed E-state index contributed by atoms with van der Waals surface area (Å²) in [6.07, 6.45) is 1.38. The summed E-state index contributed by atoms with van der Waals surface area (Å²) < 4.78 is 4.88. The van der Waals surface area contributed by atoms with Crippen LogP contribution >= 0.6 is 11.6 Å². The SMILES string of the molecule is COc1cc(C(C)C(=O)O)c(Cl)cn1. The first-order chi connectivity index (χ1) is 6.56. The third-order valence-electron chi connectivity index (χ3n) is 1.91. The number of hydrogen-bond donors (Lipinski definition) is 1. The molecule has 0 amide bonds. The van der Waals surface area contributed by atoms with Crippen molar-refractivity contribution in [1.29, 1.82) is 0 Å². The van der Waals surface area contributed by atoms with E-state index in [2.05, 4.69) is 4.98 Å². The van der Waals surface area contributed by atoms with E-state index in [0.717, 1.165) is 0 Å². The molecular formula is C9H10ClNO3. The number of carbonyl (C=O) groups is 1. The standard InChI is InChI=1S/C9H10ClNO3/c1-5(9(12)13)6-3-8(14-2)11-4-7(6)10/h3-5H,1-2H3,(H,12,13). The van der Waals surface area contributed by atoms with Crippen LogP contribution in [-0.4, -0.2) is 23.2 Å². The summed E-state index contributed by atoms with van der Waals surface area (Å²) >= 11 is 5.81. The maximum Gasteiger partial charge on any atom is 0.310 e. The number of hydrogen-bond acceptors (Lipinski definition) is 3. The van der Waals surface area contributed by atoms with Crippen LogP contribution in [0.2, 0.25) is 5.02 Å². The Hall–Kier alpha value is -1.29. The number of aromatic nitrogens is 1. The zero-order chi connectivity index (χ0) is 10.7. The van der Waals surface area contributed by atoms with E-state index in [9.17, 15) is 4.79 Å². The zero-order valence-corrected chi connectivity index (χ0v) is 8.58. The third-order valence-corrected chi connectivity index (χ3v) is 2.22. The highest BCUT2D eigenvalue weighted by Crippen LogP contribution is 2.26. The smallest absolute Gasteiger partial charge is 0.310 e. The van der Waals surface area contributed by atoms with Crippen LogP contribution in [0.4, 0.5) is 0 Å². The van der Waals surface area contributed by atoms with Crippen LogP contribution in [0.5, 0.6) is 5.88 Å². The maximum absolute atomic E-state index is 10.7. The van der Waals surface area contributed by atoms with Gasteiger partial charge in [-0.25, -0.2) is 4.98 Å². The molecule has 1 atom stereocenters. The molecule has 0 saturated carbocycles. The Morgan fingerprint density at radius 2 is 2.36 bits per heavy atom. The second kappa shape index (κ2) is 4.28. The highest BCUT2D eigenvalue weighted by Gasteiger charge is 2.17. The van der Waals surface area contributed by atoms with Gasteiger partial charge in [0.15, 0.2) is 0 Å². The van der Waals surface area contributed by atoms with Crippen LogP contribution in [-0.2, 0) is 4.79 Å². The summed E-state index contributed by atoms with van der Waals surface area (Å²) in [7, 11) is 1.46. The van der Waals surface area contributed by atoms with Gasteiger partial charge in [0, 0.05) is 12.3 Å². The minimum Gasteiger partial charge on any atom is -0.481 e. The summed E-state index contributed by atoms with van der Waals surface area (Å²) in [6, 6.07) is 1.53. The van der Waals surface area contributed by atoms with Gasteiger partial charge in [-0.05, 0) is 12.5 Å². The molecule has 0 aliphatic carbocycles. The summed E-state index contributed by atoms with van der Waals surface area (Å²) in [6.45, 7) is 1.56. The van der Waals surface area contributed by atoms with Crippen LogP contribution in [0, 0.1) is 0 Å². The van der Waals surface area contributed by atoms with Crippen LogP contribution in [0.3, 0.4) is 0 Å². The van der Waals surface area contributed by atoms with Crippen molar-refractivity contribution in [3.8, 4) is 5.88 Å². The van der Waals surface area contributed by atoms with Crippen molar-refractivity contribution in [2.75, 3.05) is 7.11 Å². The largest absolute Gasteiger partial charge is 0.481 e. The van der Waals surface area contributed by atoms with Gasteiger partial charge in [0.25, 0.3) is 0 Å². The molecule has 1 aromatic heterocycles. The topological polar surface area (TPSA) is 59.4 Å². The van der Waals surface area contributed by atoms with Gasteiger partial charge in [-0.15, -0.1) is 0 Å². The number of aliphatic carboxylic acids is 1. The van der Waals surface area contributed by atoms with E-state index in [0.29, 0.717) is 16.5 Å². The monoisotopic (exact) mass is 215 g/mol. The normalized spacial score (nSPS) is 12.2. The third kappa shape index (κ3) is 2.14. The lowest BCUT2D eigenvalue weighted by molar-refractivity contribution is -0.138. The average molecular weight is 216 g/mol. The second-order valence-electron chi connectivity index (χ2n) is 2.81. The molecular weight excluding hydrogens is 206 g/mol. The lowest BCUT2D eigenvalue weighted by Gasteiger charge is -2.09. The molecule has 1 rings (SSSR count). The van der Waals surface area contributed by atoms with Crippen LogP contribution in [0.25, 0.3) is 0 Å². The number of nitrogens with zero attached hydrogens (tertiary/aromatic N) is 1. The molecule has 4 nitrogen and oxygen atoms in total. The highest BCUT2D eigenvalue weighted by molar-refractivity contribution is 6.31. The van der Waals surface area contributed by atoms with Crippen molar-refractivity contribution in [2.24, 2.45) is 0 Å². The molecule has 0 aromatic carbocycles. The van der Waals surface area contributed by atoms with Gasteiger partial charge in [-0.2, -0.15) is 0 Å². The van der Waals surface area contributed by atoms with Gasteiger partial charge < -0.3 is 9.84 Å². The van der Waals surface area contributed by atoms with Crippen molar-refractivity contribution in [3.05, 3.63) is 22.8 Å². The molecule has 0 saturated heterocycles. The molecule has 1 aromatic rings. The molecule has 0 radical (unpaired) electrons. The van der Waals surface area contributed by atoms with Crippen LogP contribution in [0.15, 0.2) is 12.3 Å². The number of ether oxygens (including phenoxy) is 1. The first-order valence-corrected chi connectivity index (χ1v) is 4.36. The Morgan fingerprint density at radius 3 is 2.86 bits per heavy atom. The Balaban J connectivity index is 3.11. The van der Waals surface area contributed by atoms with Crippen molar-refractivity contribution >= 4 is 17.6 Å². The van der Waals surface area contributed by atoms with Crippen molar-refractivity contribution < 1.29 is 14.6 Å². The van der Waals surface area contributed by atoms with Crippen molar-refractivity contribution in [2.45, 2.75) is 12.8 Å². The van der Waals surface area contributed by atoms with E-state index in [1.54, 1.807) is 6.92 Å². The van der Waals surface area contributed by atoms with E-state index in [-0.39, 0.29) is 0 Å². The van der Waals surface area contributed by atoms with Crippen molar-refractivity contribution in [1.82, 2.24) is 4.98 Å². The number of methoxy groups -OCH3 is 1. The molecule has 0 fully saturated rings. The van der Waals surface area contributed by atoms with Crippen molar-refractivity contribution in [3.63, 3.8) is 0 Å². The molecule has 14 heavy (non-hydrogen) atoms. The van der Waals surface area contributed by atoms with Gasteiger partial charge in [-0.3, -0.25) is 4.79 Å². The lowest BCUT2D eigenvalue weighted by Crippen LogP contribution is -2.08. The maximum atomic E-state index is 10.7. The molecule has 5 heteroatoms. The number of pyridine rings is 1. The predicted molar refractivity (Wildman–Crippen MR) is 51.8 cm³/mol. The fraction of sp³-hybridized carbons (Fsp3) is 0.333. The molecule has 1 N–H and O–H groups in total. The summed E-state index contributed by atoms with van der Waals surface area (Å²) in [5, 5.41) is 9.14. The fourth-order valence-corrected chi connectivity index (χ4v) is 1.28. The van der Waals surface area contributed by atoms with Crippen LogP contribution < -0.4 is 4.74 Å². The molecule has 0 aliphatic heterocycles. The minimum atomic E-state index is -0.930. The highest BCUT2D eigenvalue weighted by atomic mass is 35.5. The minimum absolute atomic E-state index is 0.334. The number of carboxylic acid groups (broad SMARTS) is 1. The lowest BCUT2D eigenvalue weighted by atomic mass is 10.0. The Bertz CT molecular complexity index is 354. The molecule has 1 heterocycles. The molecule has 0 spiro atoms. The van der Waals surface area contributed by atoms with Gasteiger partial charge in [0.05, 0.1) is 18.1 Å². The van der Waals surface area contributed by atoms with E-state index in [1.807, 2.05) is 0 Å². The van der Waals surface area contributed by atoms with Gasteiger partial charge in [-0.1, -0.05) is 11.6 Å². The first kappa shape index (κ1) is 10.8. The number of halogens is 1. The Kier molecular flexibility index (Phi) is 3.30. The summed E-state index contributed by atoms with van der Waals surface area (Å²) in [5.41, 5.74) is 0.506. The Labute approximate surface area is 86.5 Å². The quantitative estimate of drug-likeness (QED) is 0.837. The molecule has 1 unspecified atom stereocenters. The van der Waals surface area contributed by atoms with E-state index < -0.39 is 11.9 Å². The van der Waals surface area contributed by atoms with E-state index in [4.69, 9.17) is 21.4 Å². The van der Waals surface area contributed by atoms with Gasteiger partial charge in [0.2, 0.25) is 5.88 Å². The molecule has 76 valence electrons. The van der Waals surface area contributed by atoms with Gasteiger partial charge in [0.1, 0.15) is 0 Å².